The minimum atomic E-state index is -4.89. The monoisotopic (exact) mass is 479 g/mol. The van der Waals surface area contributed by atoms with Crippen LogP contribution in [-0.2, 0) is 12.1 Å². The van der Waals surface area contributed by atoms with Gasteiger partial charge in [0, 0.05) is 24.9 Å². The third-order valence-corrected chi connectivity index (χ3v) is 5.29. The lowest BCUT2D eigenvalue weighted by Crippen LogP contribution is -2.41. The van der Waals surface area contributed by atoms with Crippen molar-refractivity contribution in [3.05, 3.63) is 59.6 Å². The van der Waals surface area contributed by atoms with Crippen molar-refractivity contribution in [3.63, 3.8) is 0 Å². The number of carbonyl (C=O) groups excluding carboxylic acids is 1. The van der Waals surface area contributed by atoms with E-state index in [4.69, 9.17) is 4.42 Å². The van der Waals surface area contributed by atoms with E-state index >= 15 is 0 Å². The van der Waals surface area contributed by atoms with Crippen LogP contribution in [0.1, 0.15) is 53.5 Å². The molecule has 5 heterocycles. The van der Waals surface area contributed by atoms with Gasteiger partial charge in [-0.2, -0.15) is 5.10 Å². The Morgan fingerprint density at radius 3 is 2.76 bits per heavy atom. The van der Waals surface area contributed by atoms with Crippen molar-refractivity contribution in [1.29, 1.82) is 0 Å². The smallest absolute Gasteiger partial charge is 0.413 e. The second-order valence-electron chi connectivity index (χ2n) is 8.12. The Bertz CT molecular complexity index is 1370. The van der Waals surface area contributed by atoms with Crippen LogP contribution in [0.15, 0.2) is 35.1 Å². The van der Waals surface area contributed by atoms with Crippen LogP contribution >= 0.6 is 0 Å². The fourth-order valence-electron chi connectivity index (χ4n) is 3.82. The van der Waals surface area contributed by atoms with Crippen molar-refractivity contribution in [2.24, 2.45) is 0 Å². The van der Waals surface area contributed by atoms with Gasteiger partial charge in [-0.1, -0.05) is 0 Å². The average molecular weight is 479 g/mol. The molecule has 0 bridgehead atoms. The van der Waals surface area contributed by atoms with Gasteiger partial charge in [0.05, 0.1) is 17.7 Å². The van der Waals surface area contributed by atoms with Crippen LogP contribution in [0, 0.1) is 0 Å². The molecule has 1 atom stereocenters. The number of alkyl halides is 4. The number of pyridine rings is 1. The molecule has 1 N–H and O–H groups in total. The summed E-state index contributed by atoms with van der Waals surface area (Å²) in [5.41, 5.74) is -0.450. The summed E-state index contributed by atoms with van der Waals surface area (Å²) in [6, 6.07) is 3.03. The normalized spacial score (nSPS) is 16.6. The van der Waals surface area contributed by atoms with Crippen molar-refractivity contribution >= 4 is 11.4 Å². The van der Waals surface area contributed by atoms with Crippen LogP contribution in [0.3, 0.4) is 0 Å². The molecule has 4 aromatic heterocycles. The van der Waals surface area contributed by atoms with E-state index in [1.807, 2.05) is 0 Å². The molecule has 1 aliphatic rings. The second-order valence-corrected chi connectivity index (χ2v) is 8.12. The Hall–Kier alpha value is -3.97. The number of fused-ring (bicyclic) bond motifs is 2. The average Bonchev–Trinajstić information content (AvgIpc) is 3.49. The maximum absolute atomic E-state index is 14.2. The minimum absolute atomic E-state index is 0.0455. The van der Waals surface area contributed by atoms with Crippen LogP contribution in [0.5, 0.6) is 5.75 Å². The van der Waals surface area contributed by atoms with Crippen LogP contribution < -0.4 is 4.74 Å². The van der Waals surface area contributed by atoms with Crippen molar-refractivity contribution in [3.8, 4) is 5.75 Å². The Kier molecular flexibility index (Phi) is 4.84. The Morgan fingerprint density at radius 1 is 1.26 bits per heavy atom. The number of rotatable bonds is 4. The quantitative estimate of drug-likeness (QED) is 0.447. The molecule has 178 valence electrons. The lowest BCUT2D eigenvalue weighted by molar-refractivity contribution is -0.274. The van der Waals surface area contributed by atoms with E-state index in [2.05, 4.69) is 30.0 Å². The first-order chi connectivity index (χ1) is 16.0. The molecule has 0 radical (unpaired) electrons. The van der Waals surface area contributed by atoms with E-state index in [1.165, 1.54) is 47.9 Å². The number of nitrogens with one attached hydrogen (secondary N) is 1. The second kappa shape index (κ2) is 7.53. The number of aromatic nitrogens is 6. The fourth-order valence-corrected chi connectivity index (χ4v) is 3.82. The molecule has 0 saturated carbocycles. The first kappa shape index (κ1) is 21.9. The zero-order chi connectivity index (χ0) is 24.3. The molecule has 0 aromatic carbocycles. The van der Waals surface area contributed by atoms with Crippen LogP contribution in [0.25, 0.3) is 5.52 Å². The van der Waals surface area contributed by atoms with Gasteiger partial charge >= 0.3 is 18.2 Å². The van der Waals surface area contributed by atoms with Crippen molar-refractivity contribution in [1.82, 2.24) is 34.7 Å². The summed E-state index contributed by atoms with van der Waals surface area (Å²) >= 11 is 0. The summed E-state index contributed by atoms with van der Waals surface area (Å²) < 4.78 is 63.3. The number of halogens is 4. The summed E-state index contributed by atoms with van der Waals surface area (Å²) in [6.45, 7) is 2.62. The molecular weight excluding hydrogens is 462 g/mol. The van der Waals surface area contributed by atoms with E-state index < -0.39 is 35.6 Å². The summed E-state index contributed by atoms with van der Waals surface area (Å²) in [7, 11) is 0. The van der Waals surface area contributed by atoms with Crippen molar-refractivity contribution in [2.45, 2.75) is 38.3 Å². The lowest BCUT2D eigenvalue weighted by atomic mass is 9.99. The highest BCUT2D eigenvalue weighted by Gasteiger charge is 2.39. The highest BCUT2D eigenvalue weighted by Crippen LogP contribution is 2.36. The predicted octanol–water partition coefficient (Wildman–Crippen LogP) is 3.33. The number of hydrogen-bond donors (Lipinski definition) is 1. The zero-order valence-electron chi connectivity index (χ0n) is 17.8. The SMILES string of the molecule is CC(C)(F)c1nnc(C(=O)N2CCc3[nH]cnc3[C@@H]2c2cc3c(OC(F)(F)F)cccn3n2)o1. The molecule has 34 heavy (non-hydrogen) atoms. The molecule has 4 aromatic rings. The van der Waals surface area contributed by atoms with Gasteiger partial charge < -0.3 is 19.0 Å². The molecule has 1 aliphatic heterocycles. The van der Waals surface area contributed by atoms with Crippen LogP contribution in [-0.4, -0.2) is 53.5 Å². The minimum Gasteiger partial charge on any atom is -0.413 e. The van der Waals surface area contributed by atoms with Gasteiger partial charge in [0.25, 0.3) is 5.89 Å². The van der Waals surface area contributed by atoms with Gasteiger partial charge in [-0.05, 0) is 32.0 Å². The standard InChI is InChI=1S/C20H17F4N7O3/c1-19(2,21)18-28-27-16(33-18)17(32)30-7-5-10-14(26-9-25-10)15(30)11-8-12-13(34-20(22,23)24)4-3-6-31(12)29-11/h3-4,6,8-9,15H,5,7H2,1-2H3,(H,25,26)/t15-/m0/s1. The Labute approximate surface area is 188 Å². The van der Waals surface area contributed by atoms with Crippen LogP contribution in [0.4, 0.5) is 17.6 Å². The van der Waals surface area contributed by atoms with Crippen molar-refractivity contribution in [2.75, 3.05) is 6.54 Å². The van der Waals surface area contributed by atoms with Gasteiger partial charge in [0.2, 0.25) is 0 Å². The summed E-state index contributed by atoms with van der Waals surface area (Å²) in [5.74, 6) is -1.91. The largest absolute Gasteiger partial charge is 0.573 e. The highest BCUT2D eigenvalue weighted by atomic mass is 19.4. The maximum Gasteiger partial charge on any atom is 0.573 e. The highest BCUT2D eigenvalue weighted by molar-refractivity contribution is 5.90. The third kappa shape index (κ3) is 3.84. The zero-order valence-corrected chi connectivity index (χ0v) is 17.8. The summed E-state index contributed by atoms with van der Waals surface area (Å²) in [4.78, 5) is 21.9. The molecule has 0 saturated heterocycles. The Balaban J connectivity index is 1.58. The number of imidazole rings is 1. The van der Waals surface area contributed by atoms with Crippen molar-refractivity contribution < 1.29 is 31.5 Å². The molecule has 0 fully saturated rings. The van der Waals surface area contributed by atoms with E-state index in [0.29, 0.717) is 12.1 Å². The third-order valence-electron chi connectivity index (χ3n) is 5.29. The first-order valence-corrected chi connectivity index (χ1v) is 10.1. The molecule has 5 rings (SSSR count). The number of hydrogen-bond acceptors (Lipinski definition) is 7. The molecule has 0 aliphatic carbocycles. The number of carbonyl (C=O) groups is 1. The van der Waals surface area contributed by atoms with Gasteiger partial charge in [-0.25, -0.2) is 13.9 Å². The lowest BCUT2D eigenvalue weighted by Gasteiger charge is -2.32. The molecule has 1 amide bonds. The first-order valence-electron chi connectivity index (χ1n) is 10.1. The molecule has 14 heteroatoms. The predicted molar refractivity (Wildman–Crippen MR) is 105 cm³/mol. The number of aromatic amines is 1. The number of H-pyrrole nitrogens is 1. The molecular formula is C20H17F4N7O3. The van der Waals surface area contributed by atoms with Gasteiger partial charge in [0.15, 0.2) is 11.4 Å². The number of ether oxygens (including phenoxy) is 1. The number of amides is 1. The molecule has 0 spiro atoms. The fraction of sp³-hybridized carbons (Fsp3) is 0.350. The maximum atomic E-state index is 14.2. The molecule has 10 nitrogen and oxygen atoms in total. The molecule has 0 unspecified atom stereocenters. The topological polar surface area (TPSA) is 114 Å². The summed E-state index contributed by atoms with van der Waals surface area (Å²) in [5, 5.41) is 11.7. The van der Waals surface area contributed by atoms with Gasteiger partial charge in [-0.3, -0.25) is 4.79 Å². The van der Waals surface area contributed by atoms with Gasteiger partial charge in [0.1, 0.15) is 11.6 Å². The van der Waals surface area contributed by atoms with Crippen LogP contribution in [0.2, 0.25) is 0 Å². The van der Waals surface area contributed by atoms with E-state index in [-0.39, 0.29) is 23.6 Å². The van der Waals surface area contributed by atoms with E-state index in [9.17, 15) is 22.4 Å². The number of nitrogens with zero attached hydrogens (tertiary/aromatic N) is 6. The van der Waals surface area contributed by atoms with E-state index in [0.717, 1.165) is 11.8 Å². The van der Waals surface area contributed by atoms with Gasteiger partial charge in [-0.15, -0.1) is 23.4 Å². The van der Waals surface area contributed by atoms with E-state index in [1.54, 1.807) is 0 Å². The summed E-state index contributed by atoms with van der Waals surface area (Å²) in [6.07, 6.45) is -1.57. The Morgan fingerprint density at radius 2 is 2.06 bits per heavy atom.